The molecule has 0 aromatic carbocycles. The van der Waals surface area contributed by atoms with E-state index >= 15 is 0 Å². The Balaban J connectivity index is 2.11. The molecule has 0 aliphatic heterocycles. The van der Waals surface area contributed by atoms with Gasteiger partial charge in [0.25, 0.3) is 0 Å². The molecule has 0 fully saturated rings. The number of carbonyl (C=O) groups is 1. The van der Waals surface area contributed by atoms with Crippen LogP contribution in [0.25, 0.3) is 0 Å². The first-order valence-corrected chi connectivity index (χ1v) is 4.31. The van der Waals surface area contributed by atoms with Gasteiger partial charge in [0.2, 0.25) is 0 Å². The minimum Gasteiger partial charge on any atom is -0.466 e. The van der Waals surface area contributed by atoms with E-state index in [1.807, 2.05) is 0 Å². The smallest absolute Gasteiger partial charge is 0.305 e. The molecule has 5 heteroatoms. The minimum absolute atomic E-state index is 0.150. The van der Waals surface area contributed by atoms with Crippen molar-refractivity contribution in [2.45, 2.75) is 26.3 Å². The van der Waals surface area contributed by atoms with Crippen molar-refractivity contribution in [3.63, 3.8) is 0 Å². The Morgan fingerprint density at radius 2 is 2.46 bits per heavy atom. The maximum absolute atomic E-state index is 10.9. The Bertz CT molecular complexity index is 246. The molecule has 0 saturated heterocycles. The van der Waals surface area contributed by atoms with Crippen molar-refractivity contribution in [2.24, 2.45) is 0 Å². The summed E-state index contributed by atoms with van der Waals surface area (Å²) in [5.74, 6) is -0.150. The molecule has 0 amide bonds. The first kappa shape index (κ1) is 9.70. The lowest BCUT2D eigenvalue weighted by atomic mass is 10.3. The predicted octanol–water partition coefficient (Wildman–Crippen LogP) is 0.621. The van der Waals surface area contributed by atoms with Crippen molar-refractivity contribution in [1.29, 1.82) is 0 Å². The second-order valence-corrected chi connectivity index (χ2v) is 2.57. The molecule has 0 unspecified atom stereocenters. The summed E-state index contributed by atoms with van der Waals surface area (Å²) in [6, 6.07) is 0. The fourth-order valence-electron chi connectivity index (χ4n) is 0.967. The number of aromatic nitrogens is 3. The molecule has 13 heavy (non-hydrogen) atoms. The third-order valence-corrected chi connectivity index (χ3v) is 1.54. The average molecular weight is 183 g/mol. The SMILES string of the molecule is CCOC(=O)CCCn1cncn1. The second kappa shape index (κ2) is 5.29. The normalized spacial score (nSPS) is 9.92. The lowest BCUT2D eigenvalue weighted by Crippen LogP contribution is -2.06. The van der Waals surface area contributed by atoms with Crippen molar-refractivity contribution in [1.82, 2.24) is 14.8 Å². The van der Waals surface area contributed by atoms with E-state index in [9.17, 15) is 4.79 Å². The zero-order chi connectivity index (χ0) is 9.52. The van der Waals surface area contributed by atoms with Gasteiger partial charge in [-0.3, -0.25) is 9.48 Å². The van der Waals surface area contributed by atoms with E-state index in [4.69, 9.17) is 4.74 Å². The summed E-state index contributed by atoms with van der Waals surface area (Å²) in [5.41, 5.74) is 0. The quantitative estimate of drug-likeness (QED) is 0.628. The lowest BCUT2D eigenvalue weighted by Gasteiger charge is -2.01. The summed E-state index contributed by atoms with van der Waals surface area (Å²) in [7, 11) is 0. The summed E-state index contributed by atoms with van der Waals surface area (Å²) in [5, 5.41) is 3.91. The van der Waals surface area contributed by atoms with E-state index in [0.29, 0.717) is 19.6 Å². The van der Waals surface area contributed by atoms with E-state index in [2.05, 4.69) is 10.1 Å². The van der Waals surface area contributed by atoms with Gasteiger partial charge in [0.15, 0.2) is 0 Å². The maximum atomic E-state index is 10.9. The summed E-state index contributed by atoms with van der Waals surface area (Å²) < 4.78 is 6.47. The van der Waals surface area contributed by atoms with E-state index in [-0.39, 0.29) is 5.97 Å². The van der Waals surface area contributed by atoms with Gasteiger partial charge >= 0.3 is 5.97 Å². The first-order chi connectivity index (χ1) is 6.33. The Morgan fingerprint density at radius 1 is 1.62 bits per heavy atom. The Labute approximate surface area is 76.7 Å². The van der Waals surface area contributed by atoms with Crippen LogP contribution in [0, 0.1) is 0 Å². The zero-order valence-electron chi connectivity index (χ0n) is 7.64. The minimum atomic E-state index is -0.150. The number of carbonyl (C=O) groups excluding carboxylic acids is 1. The number of hydrogen-bond acceptors (Lipinski definition) is 4. The molecule has 0 atom stereocenters. The zero-order valence-corrected chi connectivity index (χ0v) is 7.64. The van der Waals surface area contributed by atoms with Gasteiger partial charge in [-0.15, -0.1) is 0 Å². The molecule has 0 aliphatic rings. The Morgan fingerprint density at radius 3 is 3.08 bits per heavy atom. The van der Waals surface area contributed by atoms with Gasteiger partial charge in [0, 0.05) is 13.0 Å². The number of aryl methyl sites for hydroxylation is 1. The molecule has 1 aromatic heterocycles. The maximum Gasteiger partial charge on any atom is 0.305 e. The Kier molecular flexibility index (Phi) is 3.95. The highest BCUT2D eigenvalue weighted by atomic mass is 16.5. The van der Waals surface area contributed by atoms with Crippen LogP contribution in [0.4, 0.5) is 0 Å². The largest absolute Gasteiger partial charge is 0.466 e. The van der Waals surface area contributed by atoms with Gasteiger partial charge in [-0.25, -0.2) is 4.98 Å². The van der Waals surface area contributed by atoms with E-state index in [0.717, 1.165) is 6.42 Å². The molecule has 0 bridgehead atoms. The molecule has 0 radical (unpaired) electrons. The summed E-state index contributed by atoms with van der Waals surface area (Å²) in [4.78, 5) is 14.7. The van der Waals surface area contributed by atoms with Gasteiger partial charge < -0.3 is 4.74 Å². The van der Waals surface area contributed by atoms with Crippen LogP contribution < -0.4 is 0 Å². The summed E-state index contributed by atoms with van der Waals surface area (Å²) in [6.45, 7) is 2.95. The van der Waals surface area contributed by atoms with Gasteiger partial charge in [0.05, 0.1) is 6.61 Å². The molecule has 1 aromatic rings. The van der Waals surface area contributed by atoms with Gasteiger partial charge in [-0.05, 0) is 13.3 Å². The van der Waals surface area contributed by atoms with Crippen LogP contribution in [0.3, 0.4) is 0 Å². The molecule has 72 valence electrons. The highest BCUT2D eigenvalue weighted by Gasteiger charge is 2.00. The lowest BCUT2D eigenvalue weighted by molar-refractivity contribution is -0.143. The van der Waals surface area contributed by atoms with E-state index in [1.165, 1.54) is 6.33 Å². The van der Waals surface area contributed by atoms with Crippen molar-refractivity contribution in [3.05, 3.63) is 12.7 Å². The first-order valence-electron chi connectivity index (χ1n) is 4.31. The van der Waals surface area contributed by atoms with Crippen molar-refractivity contribution >= 4 is 5.97 Å². The van der Waals surface area contributed by atoms with Crippen LogP contribution in [0.2, 0.25) is 0 Å². The van der Waals surface area contributed by atoms with Crippen LogP contribution in [0.1, 0.15) is 19.8 Å². The number of ether oxygens (including phenoxy) is 1. The fraction of sp³-hybridized carbons (Fsp3) is 0.625. The van der Waals surface area contributed by atoms with Crippen molar-refractivity contribution in [3.8, 4) is 0 Å². The fourth-order valence-corrected chi connectivity index (χ4v) is 0.967. The second-order valence-electron chi connectivity index (χ2n) is 2.57. The monoisotopic (exact) mass is 183 g/mol. The van der Waals surface area contributed by atoms with Gasteiger partial charge in [-0.1, -0.05) is 0 Å². The molecule has 0 aliphatic carbocycles. The summed E-state index contributed by atoms with van der Waals surface area (Å²) >= 11 is 0. The van der Waals surface area contributed by atoms with E-state index < -0.39 is 0 Å². The number of rotatable bonds is 5. The van der Waals surface area contributed by atoms with E-state index in [1.54, 1.807) is 17.9 Å². The van der Waals surface area contributed by atoms with Crippen molar-refractivity contribution < 1.29 is 9.53 Å². The van der Waals surface area contributed by atoms with Gasteiger partial charge in [-0.2, -0.15) is 5.10 Å². The highest BCUT2D eigenvalue weighted by molar-refractivity contribution is 5.69. The average Bonchev–Trinajstić information content (AvgIpc) is 2.57. The number of hydrogen-bond donors (Lipinski definition) is 0. The molecular formula is C8H13N3O2. The van der Waals surface area contributed by atoms with Crippen LogP contribution in [-0.2, 0) is 16.1 Å². The van der Waals surface area contributed by atoms with Crippen LogP contribution >= 0.6 is 0 Å². The Hall–Kier alpha value is -1.39. The number of esters is 1. The standard InChI is InChI=1S/C8H13N3O2/c1-2-13-8(12)4-3-5-11-7-9-6-10-11/h6-7H,2-5H2,1H3. The topological polar surface area (TPSA) is 57.0 Å². The molecule has 0 N–H and O–H groups in total. The molecule has 0 saturated carbocycles. The molecule has 5 nitrogen and oxygen atoms in total. The molecule has 0 spiro atoms. The molecule has 1 heterocycles. The van der Waals surface area contributed by atoms with Crippen LogP contribution in [0.5, 0.6) is 0 Å². The van der Waals surface area contributed by atoms with Crippen molar-refractivity contribution in [2.75, 3.05) is 6.61 Å². The highest BCUT2D eigenvalue weighted by Crippen LogP contribution is 1.95. The summed E-state index contributed by atoms with van der Waals surface area (Å²) in [6.07, 6.45) is 4.28. The van der Waals surface area contributed by atoms with Crippen LogP contribution in [0.15, 0.2) is 12.7 Å². The predicted molar refractivity (Wildman–Crippen MR) is 45.9 cm³/mol. The molecule has 1 rings (SSSR count). The third-order valence-electron chi connectivity index (χ3n) is 1.54. The third kappa shape index (κ3) is 3.68. The van der Waals surface area contributed by atoms with Crippen LogP contribution in [-0.4, -0.2) is 27.3 Å². The number of nitrogens with zero attached hydrogens (tertiary/aromatic N) is 3. The van der Waals surface area contributed by atoms with Gasteiger partial charge in [0.1, 0.15) is 12.7 Å². The molecular weight excluding hydrogens is 170 g/mol.